The standard InChI is InChI=1S/C12H17NO3/c1-15-11-6-4-3-5-9(11)7-10(8-13)12(14)16-2/h3-6,10H,7-8,13H2,1-2H3/t10-/m0/s1. The van der Waals surface area contributed by atoms with Crippen LogP contribution in [-0.2, 0) is 16.0 Å². The molecule has 0 amide bonds. The number of nitrogens with two attached hydrogens (primary N) is 1. The maximum atomic E-state index is 11.4. The highest BCUT2D eigenvalue weighted by atomic mass is 16.5. The summed E-state index contributed by atoms with van der Waals surface area (Å²) in [6.45, 7) is 0.269. The van der Waals surface area contributed by atoms with Crippen LogP contribution in [0.1, 0.15) is 5.56 Å². The van der Waals surface area contributed by atoms with Crippen LogP contribution in [0.4, 0.5) is 0 Å². The van der Waals surface area contributed by atoms with Crippen molar-refractivity contribution in [3.05, 3.63) is 29.8 Å². The second kappa shape index (κ2) is 6.12. The molecule has 0 spiro atoms. The van der Waals surface area contributed by atoms with E-state index in [1.807, 2.05) is 24.3 Å². The summed E-state index contributed by atoms with van der Waals surface area (Å²) in [5.41, 5.74) is 6.51. The maximum Gasteiger partial charge on any atom is 0.310 e. The number of rotatable bonds is 5. The van der Waals surface area contributed by atoms with Crippen LogP contribution >= 0.6 is 0 Å². The molecule has 1 aromatic rings. The van der Waals surface area contributed by atoms with E-state index in [4.69, 9.17) is 10.5 Å². The van der Waals surface area contributed by atoms with Crippen molar-refractivity contribution in [2.45, 2.75) is 6.42 Å². The lowest BCUT2D eigenvalue weighted by atomic mass is 9.99. The van der Waals surface area contributed by atoms with Gasteiger partial charge in [-0.2, -0.15) is 0 Å². The molecule has 16 heavy (non-hydrogen) atoms. The quantitative estimate of drug-likeness (QED) is 0.756. The Morgan fingerprint density at radius 2 is 2.06 bits per heavy atom. The van der Waals surface area contributed by atoms with Crippen molar-refractivity contribution in [3.8, 4) is 5.75 Å². The van der Waals surface area contributed by atoms with Crippen LogP contribution in [0.25, 0.3) is 0 Å². The highest BCUT2D eigenvalue weighted by Crippen LogP contribution is 2.21. The van der Waals surface area contributed by atoms with Crippen LogP contribution in [-0.4, -0.2) is 26.7 Å². The molecule has 0 saturated carbocycles. The summed E-state index contributed by atoms with van der Waals surface area (Å²) in [6.07, 6.45) is 0.535. The number of hydrogen-bond acceptors (Lipinski definition) is 4. The molecule has 88 valence electrons. The van der Waals surface area contributed by atoms with E-state index in [0.717, 1.165) is 11.3 Å². The van der Waals surface area contributed by atoms with E-state index in [1.54, 1.807) is 7.11 Å². The molecule has 0 aliphatic rings. The van der Waals surface area contributed by atoms with Crippen molar-refractivity contribution >= 4 is 5.97 Å². The minimum absolute atomic E-state index is 0.269. The number of carbonyl (C=O) groups excluding carboxylic acids is 1. The second-order valence-corrected chi connectivity index (χ2v) is 3.47. The van der Waals surface area contributed by atoms with Gasteiger partial charge in [-0.25, -0.2) is 0 Å². The molecular weight excluding hydrogens is 206 g/mol. The molecule has 2 N–H and O–H groups in total. The van der Waals surface area contributed by atoms with Crippen molar-refractivity contribution in [3.63, 3.8) is 0 Å². The van der Waals surface area contributed by atoms with E-state index in [-0.39, 0.29) is 18.4 Å². The second-order valence-electron chi connectivity index (χ2n) is 3.47. The van der Waals surface area contributed by atoms with Gasteiger partial charge in [-0.1, -0.05) is 18.2 Å². The fourth-order valence-electron chi connectivity index (χ4n) is 1.57. The number of para-hydroxylation sites is 1. The normalized spacial score (nSPS) is 11.9. The van der Waals surface area contributed by atoms with Crippen molar-refractivity contribution in [2.75, 3.05) is 20.8 Å². The number of carbonyl (C=O) groups is 1. The van der Waals surface area contributed by atoms with Gasteiger partial charge in [0.2, 0.25) is 0 Å². The molecule has 0 heterocycles. The minimum atomic E-state index is -0.318. The van der Waals surface area contributed by atoms with Crippen molar-refractivity contribution in [2.24, 2.45) is 11.7 Å². The predicted molar refractivity (Wildman–Crippen MR) is 61.3 cm³/mol. The van der Waals surface area contributed by atoms with Gasteiger partial charge in [0.25, 0.3) is 0 Å². The molecule has 0 bridgehead atoms. The number of benzene rings is 1. The van der Waals surface area contributed by atoms with Crippen molar-refractivity contribution < 1.29 is 14.3 Å². The highest BCUT2D eigenvalue weighted by molar-refractivity contribution is 5.73. The van der Waals surface area contributed by atoms with Crippen LogP contribution < -0.4 is 10.5 Å². The lowest BCUT2D eigenvalue weighted by molar-refractivity contribution is -0.145. The van der Waals surface area contributed by atoms with Gasteiger partial charge in [-0.15, -0.1) is 0 Å². The molecule has 1 aromatic carbocycles. The van der Waals surface area contributed by atoms with Crippen LogP contribution in [0, 0.1) is 5.92 Å². The third kappa shape index (κ3) is 2.97. The third-order valence-electron chi connectivity index (χ3n) is 2.48. The summed E-state index contributed by atoms with van der Waals surface area (Å²) in [4.78, 5) is 11.4. The van der Waals surface area contributed by atoms with Gasteiger partial charge in [0.05, 0.1) is 20.1 Å². The van der Waals surface area contributed by atoms with Crippen LogP contribution in [0.5, 0.6) is 5.75 Å². The zero-order chi connectivity index (χ0) is 12.0. The number of methoxy groups -OCH3 is 2. The Labute approximate surface area is 95.3 Å². The fraction of sp³-hybridized carbons (Fsp3) is 0.417. The van der Waals surface area contributed by atoms with Crippen LogP contribution in [0.2, 0.25) is 0 Å². The van der Waals surface area contributed by atoms with E-state index in [2.05, 4.69) is 4.74 Å². The van der Waals surface area contributed by atoms with E-state index < -0.39 is 0 Å². The Morgan fingerprint density at radius 1 is 1.38 bits per heavy atom. The molecule has 1 atom stereocenters. The summed E-state index contributed by atoms with van der Waals surface area (Å²) in [5, 5.41) is 0. The first kappa shape index (κ1) is 12.5. The van der Waals surface area contributed by atoms with E-state index in [1.165, 1.54) is 7.11 Å². The molecule has 4 nitrogen and oxygen atoms in total. The van der Waals surface area contributed by atoms with E-state index >= 15 is 0 Å². The zero-order valence-corrected chi connectivity index (χ0v) is 9.60. The molecular formula is C12H17NO3. The zero-order valence-electron chi connectivity index (χ0n) is 9.60. The summed E-state index contributed by atoms with van der Waals surface area (Å²) < 4.78 is 9.90. The smallest absolute Gasteiger partial charge is 0.310 e. The summed E-state index contributed by atoms with van der Waals surface area (Å²) in [6, 6.07) is 7.57. The van der Waals surface area contributed by atoms with E-state index in [9.17, 15) is 4.79 Å². The minimum Gasteiger partial charge on any atom is -0.496 e. The largest absolute Gasteiger partial charge is 0.496 e. The molecule has 0 unspecified atom stereocenters. The summed E-state index contributed by atoms with van der Waals surface area (Å²) in [7, 11) is 2.97. The Bertz CT molecular complexity index is 352. The van der Waals surface area contributed by atoms with Crippen LogP contribution in [0.15, 0.2) is 24.3 Å². The third-order valence-corrected chi connectivity index (χ3v) is 2.48. The van der Waals surface area contributed by atoms with E-state index in [0.29, 0.717) is 6.42 Å². The Balaban J connectivity index is 2.81. The molecule has 0 aliphatic heterocycles. The monoisotopic (exact) mass is 223 g/mol. The van der Waals surface area contributed by atoms with Crippen molar-refractivity contribution in [1.29, 1.82) is 0 Å². The van der Waals surface area contributed by atoms with Gasteiger partial charge >= 0.3 is 5.97 Å². The van der Waals surface area contributed by atoms with Gasteiger partial charge in [0.1, 0.15) is 5.75 Å². The Morgan fingerprint density at radius 3 is 2.62 bits per heavy atom. The maximum absolute atomic E-state index is 11.4. The molecule has 0 fully saturated rings. The van der Waals surface area contributed by atoms with Gasteiger partial charge in [-0.3, -0.25) is 4.79 Å². The Hall–Kier alpha value is -1.55. The van der Waals surface area contributed by atoms with Gasteiger partial charge in [0.15, 0.2) is 0 Å². The Kier molecular flexibility index (Phi) is 4.79. The first-order valence-corrected chi connectivity index (χ1v) is 5.12. The topological polar surface area (TPSA) is 61.5 Å². The van der Waals surface area contributed by atoms with Gasteiger partial charge < -0.3 is 15.2 Å². The van der Waals surface area contributed by atoms with Crippen molar-refractivity contribution in [1.82, 2.24) is 0 Å². The average molecular weight is 223 g/mol. The molecule has 0 aromatic heterocycles. The first-order valence-electron chi connectivity index (χ1n) is 5.12. The number of ether oxygens (including phenoxy) is 2. The molecule has 0 radical (unpaired) electrons. The lowest BCUT2D eigenvalue weighted by Crippen LogP contribution is -2.26. The fourth-order valence-corrected chi connectivity index (χ4v) is 1.57. The molecule has 1 rings (SSSR count). The molecule has 0 aliphatic carbocycles. The number of esters is 1. The first-order chi connectivity index (χ1) is 7.72. The molecule has 4 heteroatoms. The van der Waals surface area contributed by atoms with Crippen LogP contribution in [0.3, 0.4) is 0 Å². The summed E-state index contributed by atoms with van der Waals surface area (Å²) in [5.74, 6) is 0.166. The van der Waals surface area contributed by atoms with Gasteiger partial charge in [0, 0.05) is 6.54 Å². The lowest BCUT2D eigenvalue weighted by Gasteiger charge is -2.14. The highest BCUT2D eigenvalue weighted by Gasteiger charge is 2.19. The SMILES string of the molecule is COC(=O)[C@H](CN)Cc1ccccc1OC. The summed E-state index contributed by atoms with van der Waals surface area (Å²) >= 11 is 0. The number of hydrogen-bond donors (Lipinski definition) is 1. The predicted octanol–water partition coefficient (Wildman–Crippen LogP) is 0.986. The molecule has 0 saturated heterocycles. The van der Waals surface area contributed by atoms with Gasteiger partial charge in [-0.05, 0) is 18.1 Å². The average Bonchev–Trinajstić information content (AvgIpc) is 2.35.